The smallest absolute Gasteiger partial charge is 0.237 e. The number of aromatic nitrogens is 8. The van der Waals surface area contributed by atoms with Gasteiger partial charge in [-0.1, -0.05) is 13.0 Å². The highest BCUT2D eigenvalue weighted by Gasteiger charge is 2.35. The normalized spacial score (nSPS) is 16.6. The van der Waals surface area contributed by atoms with Gasteiger partial charge in [0.15, 0.2) is 11.6 Å². The van der Waals surface area contributed by atoms with Crippen LogP contribution in [-0.2, 0) is 0 Å². The van der Waals surface area contributed by atoms with E-state index in [1.54, 1.807) is 24.9 Å². The van der Waals surface area contributed by atoms with E-state index in [4.69, 9.17) is 4.98 Å². The van der Waals surface area contributed by atoms with Crippen LogP contribution in [0.4, 0.5) is 5.82 Å². The highest BCUT2D eigenvalue weighted by atomic mass is 15.4. The Bertz CT molecular complexity index is 1300. The van der Waals surface area contributed by atoms with Crippen molar-refractivity contribution in [2.24, 2.45) is 0 Å². The maximum atomic E-state index is 4.97. The first kappa shape index (κ1) is 16.8. The van der Waals surface area contributed by atoms with Gasteiger partial charge < -0.3 is 4.90 Å². The first-order valence-electron chi connectivity index (χ1n) is 9.74. The van der Waals surface area contributed by atoms with Crippen molar-refractivity contribution < 1.29 is 0 Å². The Morgan fingerprint density at radius 2 is 1.93 bits per heavy atom. The van der Waals surface area contributed by atoms with Gasteiger partial charge in [0.1, 0.15) is 17.8 Å². The van der Waals surface area contributed by atoms with Gasteiger partial charge in [-0.2, -0.15) is 4.98 Å². The molecule has 1 aliphatic carbocycles. The van der Waals surface area contributed by atoms with Gasteiger partial charge in [-0.25, -0.2) is 9.97 Å². The standard InChI is InChI=1S/C21H17N9/c1-2-16-20-27-25-13-29(20)17-12-24-21(26-19(17)30(16)15-4-3-5-15)28-11-10-23-18(28)14-6-8-22-9-7-14/h3-13,16H,2H2,1H3/t16-/m1/s1. The molecule has 5 heterocycles. The van der Waals surface area contributed by atoms with Gasteiger partial charge in [-0.15, -0.1) is 10.2 Å². The lowest BCUT2D eigenvalue weighted by Crippen LogP contribution is -2.35. The fourth-order valence-corrected chi connectivity index (χ4v) is 3.93. The predicted octanol–water partition coefficient (Wildman–Crippen LogP) is 3.03. The number of anilines is 1. The van der Waals surface area contributed by atoms with Crippen LogP contribution in [0, 0.1) is 0 Å². The molecule has 0 spiro atoms. The summed E-state index contributed by atoms with van der Waals surface area (Å²) < 4.78 is 3.87. The van der Waals surface area contributed by atoms with E-state index < -0.39 is 0 Å². The molecule has 0 fully saturated rings. The number of fused-ring (bicyclic) bond motifs is 3. The predicted molar refractivity (Wildman–Crippen MR) is 110 cm³/mol. The molecule has 4 aromatic rings. The van der Waals surface area contributed by atoms with E-state index in [-0.39, 0.29) is 6.04 Å². The number of pyridine rings is 1. The number of hydrogen-bond acceptors (Lipinski definition) is 7. The summed E-state index contributed by atoms with van der Waals surface area (Å²) >= 11 is 0. The van der Waals surface area contributed by atoms with Gasteiger partial charge in [0.2, 0.25) is 5.95 Å². The number of nitrogens with zero attached hydrogens (tertiary/aromatic N) is 9. The van der Waals surface area contributed by atoms with Crippen molar-refractivity contribution in [3.8, 4) is 23.0 Å². The van der Waals surface area contributed by atoms with E-state index in [0.717, 1.165) is 40.8 Å². The average molecular weight is 395 g/mol. The van der Waals surface area contributed by atoms with Gasteiger partial charge >= 0.3 is 0 Å². The second kappa shape index (κ2) is 6.45. The van der Waals surface area contributed by atoms with Crippen molar-refractivity contribution in [1.29, 1.82) is 0 Å². The summed E-state index contributed by atoms with van der Waals surface area (Å²) in [6.45, 7) is 2.14. The van der Waals surface area contributed by atoms with Crippen LogP contribution in [0.3, 0.4) is 0 Å². The molecule has 0 N–H and O–H groups in total. The number of hydrogen-bond donors (Lipinski definition) is 0. The van der Waals surface area contributed by atoms with Crippen molar-refractivity contribution in [3.05, 3.63) is 79.2 Å². The minimum atomic E-state index is 0.0430. The first-order valence-corrected chi connectivity index (χ1v) is 9.74. The lowest BCUT2D eigenvalue weighted by atomic mass is 10.1. The molecule has 0 amide bonds. The Morgan fingerprint density at radius 1 is 1.07 bits per heavy atom. The maximum absolute atomic E-state index is 4.97. The van der Waals surface area contributed by atoms with Crippen LogP contribution >= 0.6 is 0 Å². The third-order valence-corrected chi connectivity index (χ3v) is 5.40. The second-order valence-electron chi connectivity index (χ2n) is 7.04. The van der Waals surface area contributed by atoms with Crippen LogP contribution in [0.1, 0.15) is 25.2 Å². The highest BCUT2D eigenvalue weighted by molar-refractivity contribution is 5.68. The quantitative estimate of drug-likeness (QED) is 0.524. The van der Waals surface area contributed by atoms with Crippen LogP contribution < -0.4 is 4.90 Å². The molecule has 0 saturated carbocycles. The fraction of sp³-hybridized carbons (Fsp3) is 0.143. The van der Waals surface area contributed by atoms with Gasteiger partial charge in [0.05, 0.1) is 12.2 Å². The Balaban J connectivity index is 1.53. The molecule has 146 valence electrons. The zero-order valence-electron chi connectivity index (χ0n) is 16.2. The third-order valence-electron chi connectivity index (χ3n) is 5.40. The summed E-state index contributed by atoms with van der Waals surface area (Å²) in [6, 6.07) is 3.88. The lowest BCUT2D eigenvalue weighted by molar-refractivity contribution is 0.574. The van der Waals surface area contributed by atoms with E-state index in [1.165, 1.54) is 0 Å². The van der Waals surface area contributed by atoms with Crippen LogP contribution in [-0.4, -0.2) is 39.3 Å². The topological polar surface area (TPSA) is 90.4 Å². The summed E-state index contributed by atoms with van der Waals surface area (Å²) in [5.74, 6) is 3.03. The first-order chi connectivity index (χ1) is 14.8. The van der Waals surface area contributed by atoms with E-state index in [0.29, 0.717) is 5.95 Å². The Morgan fingerprint density at radius 3 is 2.70 bits per heavy atom. The van der Waals surface area contributed by atoms with Crippen LogP contribution in [0.2, 0.25) is 0 Å². The minimum Gasteiger partial charge on any atom is -0.314 e. The highest BCUT2D eigenvalue weighted by Crippen LogP contribution is 2.41. The van der Waals surface area contributed by atoms with Crippen molar-refractivity contribution in [2.45, 2.75) is 19.4 Å². The zero-order valence-corrected chi connectivity index (χ0v) is 16.2. The van der Waals surface area contributed by atoms with E-state index >= 15 is 0 Å². The van der Waals surface area contributed by atoms with Gasteiger partial charge in [0, 0.05) is 36.0 Å². The van der Waals surface area contributed by atoms with Crippen molar-refractivity contribution >= 4 is 5.82 Å². The lowest BCUT2D eigenvalue weighted by Gasteiger charge is -2.38. The Hall–Kier alpha value is -4.14. The fourth-order valence-electron chi connectivity index (χ4n) is 3.93. The van der Waals surface area contributed by atoms with Crippen molar-refractivity contribution in [2.75, 3.05) is 4.90 Å². The molecule has 0 unspecified atom stereocenters. The molecular weight excluding hydrogens is 378 g/mol. The summed E-state index contributed by atoms with van der Waals surface area (Å²) in [4.78, 5) is 20.4. The van der Waals surface area contributed by atoms with Crippen LogP contribution in [0.15, 0.2) is 73.4 Å². The average Bonchev–Trinajstić information content (AvgIpc) is 3.43. The van der Waals surface area contributed by atoms with Gasteiger partial charge in [-0.3, -0.25) is 14.1 Å². The molecular formula is C21H17N9. The summed E-state index contributed by atoms with van der Waals surface area (Å²) in [6.07, 6.45) is 17.7. The van der Waals surface area contributed by atoms with Crippen LogP contribution in [0.5, 0.6) is 0 Å². The molecule has 0 radical (unpaired) electrons. The van der Waals surface area contributed by atoms with Gasteiger partial charge in [0.25, 0.3) is 0 Å². The summed E-state index contributed by atoms with van der Waals surface area (Å²) in [5, 5.41) is 8.51. The van der Waals surface area contributed by atoms with E-state index in [2.05, 4.69) is 49.1 Å². The molecule has 0 aromatic carbocycles. The van der Waals surface area contributed by atoms with E-state index in [9.17, 15) is 0 Å². The van der Waals surface area contributed by atoms with Crippen molar-refractivity contribution in [1.82, 2.24) is 39.3 Å². The molecule has 30 heavy (non-hydrogen) atoms. The summed E-state index contributed by atoms with van der Waals surface area (Å²) in [5.41, 5.74) is 2.91. The number of imidazole rings is 1. The molecule has 1 atom stereocenters. The molecule has 9 heteroatoms. The molecule has 1 aliphatic heterocycles. The SMILES string of the molecule is CC[C@@H]1c2nncn2-c2cnc(-n3ccnc3-c3ccncc3)nc2N1C1=CC=C1. The third kappa shape index (κ3) is 2.35. The maximum Gasteiger partial charge on any atom is 0.237 e. The number of rotatable bonds is 4. The molecule has 6 rings (SSSR count). The monoisotopic (exact) mass is 395 g/mol. The summed E-state index contributed by atoms with van der Waals surface area (Å²) in [7, 11) is 0. The molecule has 0 bridgehead atoms. The molecule has 0 saturated heterocycles. The Labute approximate surface area is 172 Å². The zero-order chi connectivity index (χ0) is 20.1. The molecule has 4 aromatic heterocycles. The largest absolute Gasteiger partial charge is 0.314 e. The molecule has 9 nitrogen and oxygen atoms in total. The second-order valence-corrected chi connectivity index (χ2v) is 7.04. The molecule has 2 aliphatic rings. The van der Waals surface area contributed by atoms with Crippen molar-refractivity contribution in [3.63, 3.8) is 0 Å². The van der Waals surface area contributed by atoms with E-state index in [1.807, 2.05) is 39.7 Å². The van der Waals surface area contributed by atoms with Crippen LogP contribution in [0.25, 0.3) is 23.0 Å². The van der Waals surface area contributed by atoms with Gasteiger partial charge in [-0.05, 0) is 30.7 Å². The number of allylic oxidation sites excluding steroid dienone is 3. The minimum absolute atomic E-state index is 0.0430. The Kier molecular flexibility index (Phi) is 3.61.